The van der Waals surface area contributed by atoms with E-state index < -0.39 is 42.0 Å². The lowest BCUT2D eigenvalue weighted by molar-refractivity contribution is -0.258. The van der Waals surface area contributed by atoms with E-state index in [4.69, 9.17) is 4.74 Å². The fourth-order valence-electron chi connectivity index (χ4n) is 3.86. The van der Waals surface area contributed by atoms with Crippen LogP contribution in [0.4, 0.5) is 23.2 Å². The molecule has 6 nitrogen and oxygen atoms in total. The summed E-state index contributed by atoms with van der Waals surface area (Å²) in [5.74, 6) is -1.02. The highest BCUT2D eigenvalue weighted by Gasteiger charge is 2.54. The molecule has 1 aromatic heterocycles. The topological polar surface area (TPSA) is 87.2 Å². The van der Waals surface area contributed by atoms with Crippen LogP contribution in [-0.4, -0.2) is 40.2 Å². The zero-order valence-corrected chi connectivity index (χ0v) is 16.2. The van der Waals surface area contributed by atoms with Crippen molar-refractivity contribution in [1.29, 1.82) is 0 Å². The van der Waals surface area contributed by atoms with Gasteiger partial charge in [0.25, 0.3) is 5.56 Å². The molecule has 0 amide bonds. The molecule has 3 aromatic rings. The van der Waals surface area contributed by atoms with Crippen LogP contribution < -0.4 is 15.6 Å². The van der Waals surface area contributed by atoms with Gasteiger partial charge in [0.2, 0.25) is 0 Å². The number of hydrogen-bond donors (Lipinski definition) is 3. The normalized spacial score (nSPS) is 18.2. The van der Waals surface area contributed by atoms with E-state index in [1.54, 1.807) is 0 Å². The molecule has 164 valence electrons. The standard InChI is InChI=1S/C21H19F4N3O3/c22-13-4-5-18-15(8-13)12(6-7-31-18)9-20(30,21(23,24)25)11-26-17-3-1-2-14-16(17)10-27-28-19(14)29/h1-5,8,10,12,26,30H,6-7,9,11H2,(H,28,29). The number of benzene rings is 2. The second-order valence-corrected chi connectivity index (χ2v) is 7.57. The molecule has 31 heavy (non-hydrogen) atoms. The molecule has 0 saturated carbocycles. The summed E-state index contributed by atoms with van der Waals surface area (Å²) in [6.45, 7) is -0.688. The maximum absolute atomic E-state index is 13.9. The second-order valence-electron chi connectivity index (χ2n) is 7.57. The van der Waals surface area contributed by atoms with Gasteiger partial charge in [0.05, 0.1) is 24.7 Å². The number of aromatic amines is 1. The van der Waals surface area contributed by atoms with Gasteiger partial charge in [-0.15, -0.1) is 0 Å². The Balaban J connectivity index is 1.63. The minimum Gasteiger partial charge on any atom is -0.493 e. The van der Waals surface area contributed by atoms with Crippen LogP contribution in [0.1, 0.15) is 24.3 Å². The van der Waals surface area contributed by atoms with Crippen LogP contribution in [-0.2, 0) is 0 Å². The summed E-state index contributed by atoms with van der Waals surface area (Å²) >= 11 is 0. The number of anilines is 1. The summed E-state index contributed by atoms with van der Waals surface area (Å²) in [7, 11) is 0. The van der Waals surface area contributed by atoms with Gasteiger partial charge in [-0.05, 0) is 49.1 Å². The summed E-state index contributed by atoms with van der Waals surface area (Å²) in [5, 5.41) is 19.8. The smallest absolute Gasteiger partial charge is 0.418 e. The molecule has 2 aromatic carbocycles. The number of rotatable bonds is 5. The molecule has 3 N–H and O–H groups in total. The number of ether oxygens (including phenoxy) is 1. The summed E-state index contributed by atoms with van der Waals surface area (Å²) in [6, 6.07) is 8.23. The molecule has 10 heteroatoms. The van der Waals surface area contributed by atoms with Crippen molar-refractivity contribution >= 4 is 16.5 Å². The van der Waals surface area contributed by atoms with E-state index >= 15 is 0 Å². The zero-order valence-electron chi connectivity index (χ0n) is 16.2. The van der Waals surface area contributed by atoms with Crippen LogP contribution in [0.2, 0.25) is 0 Å². The fourth-order valence-corrected chi connectivity index (χ4v) is 3.86. The molecule has 2 heterocycles. The van der Waals surface area contributed by atoms with Crippen molar-refractivity contribution in [3.8, 4) is 5.75 Å². The number of aliphatic hydroxyl groups is 1. The van der Waals surface area contributed by atoms with Gasteiger partial charge in [0.1, 0.15) is 11.6 Å². The number of alkyl halides is 3. The van der Waals surface area contributed by atoms with Crippen LogP contribution in [0, 0.1) is 5.82 Å². The van der Waals surface area contributed by atoms with Crippen LogP contribution in [0.25, 0.3) is 10.8 Å². The Bertz CT molecular complexity index is 1160. The molecule has 0 aliphatic carbocycles. The summed E-state index contributed by atoms with van der Waals surface area (Å²) in [6.07, 6.45) is -4.09. The Kier molecular flexibility index (Phi) is 5.34. The molecule has 4 rings (SSSR count). The first-order chi connectivity index (χ1) is 14.7. The largest absolute Gasteiger partial charge is 0.493 e. The van der Waals surface area contributed by atoms with Crippen LogP contribution >= 0.6 is 0 Å². The summed E-state index contributed by atoms with van der Waals surface area (Å²) in [5.41, 5.74) is -3.05. The monoisotopic (exact) mass is 437 g/mol. The predicted octanol–water partition coefficient (Wildman–Crippen LogP) is 3.72. The maximum atomic E-state index is 13.9. The average Bonchev–Trinajstić information content (AvgIpc) is 2.72. The van der Waals surface area contributed by atoms with Gasteiger partial charge < -0.3 is 15.2 Å². The molecule has 2 unspecified atom stereocenters. The van der Waals surface area contributed by atoms with Crippen LogP contribution in [0.15, 0.2) is 47.4 Å². The lowest BCUT2D eigenvalue weighted by atomic mass is 9.82. The molecule has 2 atom stereocenters. The van der Waals surface area contributed by atoms with Gasteiger partial charge in [0, 0.05) is 16.6 Å². The quantitative estimate of drug-likeness (QED) is 0.530. The Morgan fingerprint density at radius 1 is 1.23 bits per heavy atom. The first-order valence-electron chi connectivity index (χ1n) is 9.59. The molecule has 1 aliphatic heterocycles. The van der Waals surface area contributed by atoms with E-state index in [9.17, 15) is 27.5 Å². The molecular weight excluding hydrogens is 418 g/mol. The van der Waals surface area contributed by atoms with Gasteiger partial charge in [0.15, 0.2) is 5.60 Å². The van der Waals surface area contributed by atoms with Gasteiger partial charge in [-0.1, -0.05) is 6.07 Å². The molecule has 0 saturated heterocycles. The van der Waals surface area contributed by atoms with Crippen molar-refractivity contribution in [2.75, 3.05) is 18.5 Å². The number of H-pyrrole nitrogens is 1. The van der Waals surface area contributed by atoms with Crippen molar-refractivity contribution in [1.82, 2.24) is 10.2 Å². The number of fused-ring (bicyclic) bond motifs is 2. The van der Waals surface area contributed by atoms with Gasteiger partial charge in [-0.3, -0.25) is 4.79 Å². The third-order valence-electron chi connectivity index (χ3n) is 5.53. The zero-order chi connectivity index (χ0) is 22.2. The minimum atomic E-state index is -4.95. The Labute approximate surface area is 173 Å². The second kappa shape index (κ2) is 7.84. The number of halogens is 4. The molecule has 0 spiro atoms. The van der Waals surface area contributed by atoms with Crippen molar-refractivity contribution in [2.24, 2.45) is 0 Å². The number of nitrogens with one attached hydrogen (secondary N) is 2. The first kappa shape index (κ1) is 21.1. The highest BCUT2D eigenvalue weighted by molar-refractivity contribution is 5.92. The van der Waals surface area contributed by atoms with E-state index in [1.807, 2.05) is 0 Å². The van der Waals surface area contributed by atoms with Gasteiger partial charge >= 0.3 is 6.18 Å². The Hall–Kier alpha value is -3.14. The summed E-state index contributed by atoms with van der Waals surface area (Å²) in [4.78, 5) is 11.9. The Morgan fingerprint density at radius 3 is 2.81 bits per heavy atom. The average molecular weight is 437 g/mol. The molecule has 0 radical (unpaired) electrons. The molecular formula is C21H19F4N3O3. The van der Waals surface area contributed by atoms with E-state index in [2.05, 4.69) is 15.5 Å². The molecule has 0 bridgehead atoms. The molecule has 0 fully saturated rings. The highest BCUT2D eigenvalue weighted by atomic mass is 19.4. The Morgan fingerprint density at radius 2 is 2.03 bits per heavy atom. The van der Waals surface area contributed by atoms with E-state index in [0.717, 1.165) is 6.07 Å². The van der Waals surface area contributed by atoms with Gasteiger partial charge in [-0.25, -0.2) is 9.49 Å². The summed E-state index contributed by atoms with van der Waals surface area (Å²) < 4.78 is 60.9. The third-order valence-corrected chi connectivity index (χ3v) is 5.53. The van der Waals surface area contributed by atoms with E-state index in [1.165, 1.54) is 36.5 Å². The third kappa shape index (κ3) is 4.07. The SMILES string of the molecule is O=c1[nH]ncc2c(NCC(O)(CC3CCOc4ccc(F)cc43)C(F)(F)F)cccc12. The van der Waals surface area contributed by atoms with Crippen molar-refractivity contribution in [2.45, 2.75) is 30.5 Å². The van der Waals surface area contributed by atoms with Crippen molar-refractivity contribution in [3.63, 3.8) is 0 Å². The van der Waals surface area contributed by atoms with Crippen LogP contribution in [0.3, 0.4) is 0 Å². The first-order valence-corrected chi connectivity index (χ1v) is 9.59. The van der Waals surface area contributed by atoms with Crippen molar-refractivity contribution < 1.29 is 27.4 Å². The highest BCUT2D eigenvalue weighted by Crippen LogP contribution is 2.44. The fraction of sp³-hybridized carbons (Fsp3) is 0.333. The lowest BCUT2D eigenvalue weighted by Crippen LogP contribution is -2.51. The minimum absolute atomic E-state index is 0.169. The lowest BCUT2D eigenvalue weighted by Gasteiger charge is -2.36. The number of nitrogens with zero attached hydrogens (tertiary/aromatic N) is 1. The predicted molar refractivity (Wildman–Crippen MR) is 106 cm³/mol. The van der Waals surface area contributed by atoms with E-state index in [0.29, 0.717) is 16.7 Å². The molecule has 1 aliphatic rings. The number of aromatic nitrogens is 2. The van der Waals surface area contributed by atoms with E-state index in [-0.39, 0.29) is 24.1 Å². The maximum Gasteiger partial charge on any atom is 0.418 e. The van der Waals surface area contributed by atoms with Crippen LogP contribution in [0.5, 0.6) is 5.75 Å². The van der Waals surface area contributed by atoms with Gasteiger partial charge in [-0.2, -0.15) is 18.3 Å². The number of hydrogen-bond acceptors (Lipinski definition) is 5. The van der Waals surface area contributed by atoms with Crippen molar-refractivity contribution in [3.05, 3.63) is 64.3 Å².